The first-order valence-corrected chi connectivity index (χ1v) is 5.82. The van der Waals surface area contributed by atoms with Crippen LogP contribution in [-0.2, 0) is 0 Å². The van der Waals surface area contributed by atoms with Crippen LogP contribution < -0.4 is 0 Å². The Bertz CT molecular complexity index is 584. The smallest absolute Gasteiger partial charge is 0.168 e. The second-order valence-corrected chi connectivity index (χ2v) is 4.47. The van der Waals surface area contributed by atoms with Crippen LogP contribution in [0.5, 0.6) is 0 Å². The fraction of sp³-hybridized carbons (Fsp3) is 0. The Morgan fingerprint density at radius 3 is 2.53 bits per heavy atom. The van der Waals surface area contributed by atoms with Gasteiger partial charge in [0.2, 0.25) is 0 Å². The lowest BCUT2D eigenvalue weighted by Crippen LogP contribution is -1.88. The van der Waals surface area contributed by atoms with Gasteiger partial charge in [0.25, 0.3) is 0 Å². The normalized spacial score (nSPS) is 10.3. The minimum absolute atomic E-state index is 0.301. The molecule has 1 aromatic carbocycles. The van der Waals surface area contributed by atoms with Crippen molar-refractivity contribution in [2.45, 2.75) is 0 Å². The van der Waals surface area contributed by atoms with E-state index < -0.39 is 0 Å². The lowest BCUT2D eigenvalue weighted by molar-refractivity contribution is 0.111. The number of halogens is 3. The van der Waals surface area contributed by atoms with Gasteiger partial charge in [-0.2, -0.15) is 0 Å². The van der Waals surface area contributed by atoms with Crippen LogP contribution in [0.4, 0.5) is 0 Å². The van der Waals surface area contributed by atoms with E-state index in [0.29, 0.717) is 32.6 Å². The molecule has 17 heavy (non-hydrogen) atoms. The van der Waals surface area contributed by atoms with E-state index in [4.69, 9.17) is 34.8 Å². The number of nitrogens with zero attached hydrogens (tertiary/aromatic N) is 1. The monoisotopic (exact) mass is 285 g/mol. The first-order chi connectivity index (χ1) is 8.13. The highest BCUT2D eigenvalue weighted by Gasteiger charge is 2.10. The highest BCUT2D eigenvalue weighted by Crippen LogP contribution is 2.37. The van der Waals surface area contributed by atoms with Gasteiger partial charge < -0.3 is 0 Å². The Kier molecular flexibility index (Phi) is 3.67. The molecule has 5 heteroatoms. The van der Waals surface area contributed by atoms with Crippen molar-refractivity contribution < 1.29 is 4.79 Å². The third-order valence-corrected chi connectivity index (χ3v) is 3.54. The van der Waals surface area contributed by atoms with E-state index in [1.807, 2.05) is 0 Å². The van der Waals surface area contributed by atoms with Gasteiger partial charge >= 0.3 is 0 Å². The molecule has 0 amide bonds. The van der Waals surface area contributed by atoms with Gasteiger partial charge in [-0.25, -0.2) is 0 Å². The molecule has 0 aliphatic rings. The molecule has 0 fully saturated rings. The largest absolute Gasteiger partial charge is 0.296 e. The first-order valence-electron chi connectivity index (χ1n) is 4.68. The second kappa shape index (κ2) is 5.05. The zero-order valence-corrected chi connectivity index (χ0v) is 10.7. The molecular weight excluding hydrogens is 280 g/mol. The van der Waals surface area contributed by atoms with E-state index in [-0.39, 0.29) is 0 Å². The number of aromatic nitrogens is 1. The van der Waals surface area contributed by atoms with Crippen LogP contribution in [0.1, 0.15) is 10.5 Å². The number of aldehydes is 1. The van der Waals surface area contributed by atoms with E-state index in [9.17, 15) is 4.79 Å². The van der Waals surface area contributed by atoms with Crippen LogP contribution in [0.25, 0.3) is 11.1 Å². The van der Waals surface area contributed by atoms with Gasteiger partial charge in [0, 0.05) is 11.8 Å². The van der Waals surface area contributed by atoms with Gasteiger partial charge in [0.1, 0.15) is 5.69 Å². The summed E-state index contributed by atoms with van der Waals surface area (Å²) in [6.45, 7) is 0. The van der Waals surface area contributed by atoms with Crippen molar-refractivity contribution in [3.8, 4) is 11.1 Å². The van der Waals surface area contributed by atoms with Crippen molar-refractivity contribution in [1.82, 2.24) is 4.98 Å². The lowest BCUT2D eigenvalue weighted by Gasteiger charge is -2.07. The summed E-state index contributed by atoms with van der Waals surface area (Å²) in [6.07, 6.45) is 2.22. The summed E-state index contributed by atoms with van der Waals surface area (Å²) in [5.74, 6) is 0. The molecule has 0 saturated carbocycles. The molecule has 0 aliphatic heterocycles. The van der Waals surface area contributed by atoms with E-state index in [1.165, 1.54) is 6.20 Å². The average Bonchev–Trinajstić information content (AvgIpc) is 2.36. The first kappa shape index (κ1) is 12.4. The molecule has 1 heterocycles. The standard InChI is InChI=1S/C12H6Cl3NO/c13-10-2-1-9(11(14)12(10)15)7-3-4-16-8(5-7)6-17/h1-6H. The maximum atomic E-state index is 10.7. The number of benzene rings is 1. The third-order valence-electron chi connectivity index (χ3n) is 2.25. The Balaban J connectivity index is 2.60. The van der Waals surface area contributed by atoms with Gasteiger partial charge in [-0.15, -0.1) is 0 Å². The van der Waals surface area contributed by atoms with E-state index in [1.54, 1.807) is 24.3 Å². The molecule has 0 aliphatic carbocycles. The Morgan fingerprint density at radius 2 is 1.82 bits per heavy atom. The van der Waals surface area contributed by atoms with Crippen LogP contribution in [0.3, 0.4) is 0 Å². The SMILES string of the molecule is O=Cc1cc(-c2ccc(Cl)c(Cl)c2Cl)ccn1. The van der Waals surface area contributed by atoms with Gasteiger partial charge in [-0.05, 0) is 23.8 Å². The van der Waals surface area contributed by atoms with Crippen molar-refractivity contribution in [2.75, 3.05) is 0 Å². The second-order valence-electron chi connectivity index (χ2n) is 3.31. The molecule has 0 saturated heterocycles. The van der Waals surface area contributed by atoms with Crippen molar-refractivity contribution in [1.29, 1.82) is 0 Å². The zero-order chi connectivity index (χ0) is 12.4. The quantitative estimate of drug-likeness (QED) is 0.600. The Hall–Kier alpha value is -1.09. The topological polar surface area (TPSA) is 30.0 Å². The maximum absolute atomic E-state index is 10.7. The molecular formula is C12H6Cl3NO. The molecule has 2 nitrogen and oxygen atoms in total. The van der Waals surface area contributed by atoms with Gasteiger partial charge in [0.05, 0.1) is 15.1 Å². The van der Waals surface area contributed by atoms with Gasteiger partial charge in [-0.3, -0.25) is 9.78 Å². The van der Waals surface area contributed by atoms with Crippen molar-refractivity contribution >= 4 is 41.1 Å². The highest BCUT2D eigenvalue weighted by molar-refractivity contribution is 6.49. The maximum Gasteiger partial charge on any atom is 0.168 e. The van der Waals surface area contributed by atoms with Crippen molar-refractivity contribution in [3.05, 3.63) is 51.2 Å². The number of hydrogen-bond donors (Lipinski definition) is 0. The molecule has 0 unspecified atom stereocenters. The van der Waals surface area contributed by atoms with Gasteiger partial charge in [-0.1, -0.05) is 40.9 Å². The number of pyridine rings is 1. The fourth-order valence-corrected chi connectivity index (χ4v) is 2.07. The number of carbonyl (C=O) groups is 1. The van der Waals surface area contributed by atoms with Crippen LogP contribution in [-0.4, -0.2) is 11.3 Å². The van der Waals surface area contributed by atoms with E-state index >= 15 is 0 Å². The molecule has 0 atom stereocenters. The molecule has 0 bridgehead atoms. The number of rotatable bonds is 2. The molecule has 2 rings (SSSR count). The summed E-state index contributed by atoms with van der Waals surface area (Å²) >= 11 is 17.9. The molecule has 1 aromatic heterocycles. The van der Waals surface area contributed by atoms with Crippen molar-refractivity contribution in [3.63, 3.8) is 0 Å². The van der Waals surface area contributed by atoms with Crippen LogP contribution in [0.15, 0.2) is 30.5 Å². The fourth-order valence-electron chi connectivity index (χ4n) is 1.43. The summed E-state index contributed by atoms with van der Waals surface area (Å²) in [7, 11) is 0. The summed E-state index contributed by atoms with van der Waals surface area (Å²) in [5, 5.41) is 1.06. The minimum Gasteiger partial charge on any atom is -0.296 e. The molecule has 86 valence electrons. The summed E-state index contributed by atoms with van der Waals surface area (Å²) in [5.41, 5.74) is 1.82. The van der Waals surface area contributed by atoms with Crippen molar-refractivity contribution in [2.24, 2.45) is 0 Å². The predicted molar refractivity (Wildman–Crippen MR) is 70.1 cm³/mol. The average molecular weight is 287 g/mol. The molecule has 2 aromatic rings. The van der Waals surface area contributed by atoms with E-state index in [2.05, 4.69) is 4.98 Å². The Morgan fingerprint density at radius 1 is 1.06 bits per heavy atom. The summed E-state index contributed by atoms with van der Waals surface area (Å²) < 4.78 is 0. The third kappa shape index (κ3) is 2.44. The lowest BCUT2D eigenvalue weighted by atomic mass is 10.1. The molecule has 0 spiro atoms. The van der Waals surface area contributed by atoms with Gasteiger partial charge in [0.15, 0.2) is 6.29 Å². The van der Waals surface area contributed by atoms with Crippen LogP contribution in [0.2, 0.25) is 15.1 Å². The Labute approximate surface area is 113 Å². The zero-order valence-electron chi connectivity index (χ0n) is 8.45. The molecule has 0 radical (unpaired) electrons. The van der Waals surface area contributed by atoms with E-state index in [0.717, 1.165) is 5.56 Å². The molecule has 0 N–H and O–H groups in total. The number of hydrogen-bond acceptors (Lipinski definition) is 2. The van der Waals surface area contributed by atoms with Crippen LogP contribution >= 0.6 is 34.8 Å². The summed E-state index contributed by atoms with van der Waals surface area (Å²) in [4.78, 5) is 14.5. The summed E-state index contributed by atoms with van der Waals surface area (Å²) in [6, 6.07) is 6.80. The van der Waals surface area contributed by atoms with Crippen LogP contribution in [0, 0.1) is 0 Å². The minimum atomic E-state index is 0.301. The predicted octanol–water partition coefficient (Wildman–Crippen LogP) is 4.52. The highest BCUT2D eigenvalue weighted by atomic mass is 35.5. The number of carbonyl (C=O) groups excluding carboxylic acids is 1.